The van der Waals surface area contributed by atoms with Gasteiger partial charge in [0.2, 0.25) is 0 Å². The van der Waals surface area contributed by atoms with Gasteiger partial charge < -0.3 is 5.32 Å². The summed E-state index contributed by atoms with van der Waals surface area (Å²) in [5, 5.41) is 8.06. The van der Waals surface area contributed by atoms with Crippen molar-refractivity contribution in [3.05, 3.63) is 53.9 Å². The number of hydrogen-bond acceptors (Lipinski definition) is 2. The average molecular weight is 257 g/mol. The fourth-order valence-electron chi connectivity index (χ4n) is 2.31. The van der Waals surface area contributed by atoms with Gasteiger partial charge in [-0.2, -0.15) is 5.10 Å². The molecule has 0 fully saturated rings. The number of aryl methyl sites for hydroxylation is 1. The predicted molar refractivity (Wildman–Crippen MR) is 79.1 cm³/mol. The summed E-state index contributed by atoms with van der Waals surface area (Å²) in [7, 11) is 0. The van der Waals surface area contributed by atoms with Crippen LogP contribution in [0.25, 0.3) is 0 Å². The van der Waals surface area contributed by atoms with Crippen LogP contribution in [0.4, 0.5) is 0 Å². The molecule has 3 nitrogen and oxygen atoms in total. The molecule has 0 saturated heterocycles. The molecule has 0 saturated carbocycles. The highest BCUT2D eigenvalue weighted by molar-refractivity contribution is 5.27. The lowest BCUT2D eigenvalue weighted by Gasteiger charge is -2.20. The Kier molecular flexibility index (Phi) is 5.16. The summed E-state index contributed by atoms with van der Waals surface area (Å²) in [6.07, 6.45) is 4.13. The molecule has 102 valence electrons. The molecule has 3 heteroatoms. The summed E-state index contributed by atoms with van der Waals surface area (Å²) in [6.45, 7) is 6.36. The van der Waals surface area contributed by atoms with Gasteiger partial charge in [0.05, 0.1) is 11.7 Å². The molecule has 0 amide bonds. The third-order valence-electron chi connectivity index (χ3n) is 3.21. The van der Waals surface area contributed by atoms with E-state index in [0.717, 1.165) is 25.9 Å². The molecule has 2 aromatic rings. The highest BCUT2D eigenvalue weighted by Gasteiger charge is 2.16. The van der Waals surface area contributed by atoms with E-state index in [1.54, 1.807) is 0 Å². The van der Waals surface area contributed by atoms with E-state index in [4.69, 9.17) is 0 Å². The van der Waals surface area contributed by atoms with Gasteiger partial charge >= 0.3 is 0 Å². The molecular weight excluding hydrogens is 234 g/mol. The third kappa shape index (κ3) is 3.44. The minimum atomic E-state index is 0.232. The second-order valence-corrected chi connectivity index (χ2v) is 4.78. The maximum absolute atomic E-state index is 4.44. The monoisotopic (exact) mass is 257 g/mol. The van der Waals surface area contributed by atoms with Crippen LogP contribution in [-0.4, -0.2) is 16.3 Å². The van der Waals surface area contributed by atoms with Crippen LogP contribution in [-0.2, 0) is 6.54 Å². The number of rotatable bonds is 7. The van der Waals surface area contributed by atoms with Gasteiger partial charge in [0.1, 0.15) is 0 Å². The average Bonchev–Trinajstić information content (AvgIpc) is 2.89. The zero-order chi connectivity index (χ0) is 13.5. The lowest BCUT2D eigenvalue weighted by Crippen LogP contribution is -2.25. The Balaban J connectivity index is 2.29. The quantitative estimate of drug-likeness (QED) is 0.824. The summed E-state index contributed by atoms with van der Waals surface area (Å²) < 4.78 is 2.11. The van der Waals surface area contributed by atoms with Crippen molar-refractivity contribution < 1.29 is 0 Å². The Hall–Kier alpha value is -1.61. The summed E-state index contributed by atoms with van der Waals surface area (Å²) in [6, 6.07) is 13.0. The Morgan fingerprint density at radius 1 is 1.11 bits per heavy atom. The summed E-state index contributed by atoms with van der Waals surface area (Å²) >= 11 is 0. The van der Waals surface area contributed by atoms with Gasteiger partial charge in [-0.3, -0.25) is 4.68 Å². The first-order chi connectivity index (χ1) is 9.36. The lowest BCUT2D eigenvalue weighted by atomic mass is 10.0. The maximum Gasteiger partial charge on any atom is 0.0748 e. The largest absolute Gasteiger partial charge is 0.305 e. The van der Waals surface area contributed by atoms with Crippen molar-refractivity contribution in [3.8, 4) is 0 Å². The minimum absolute atomic E-state index is 0.232. The molecule has 19 heavy (non-hydrogen) atoms. The van der Waals surface area contributed by atoms with E-state index in [-0.39, 0.29) is 6.04 Å². The Morgan fingerprint density at radius 2 is 1.89 bits per heavy atom. The summed E-state index contributed by atoms with van der Waals surface area (Å²) in [5.41, 5.74) is 2.55. The number of nitrogens with one attached hydrogen (secondary N) is 1. The van der Waals surface area contributed by atoms with Crippen molar-refractivity contribution in [1.82, 2.24) is 15.1 Å². The Morgan fingerprint density at radius 3 is 2.58 bits per heavy atom. The number of aromatic nitrogens is 2. The molecule has 2 rings (SSSR count). The van der Waals surface area contributed by atoms with Gasteiger partial charge in [0.15, 0.2) is 0 Å². The fraction of sp³-hybridized carbons (Fsp3) is 0.438. The third-order valence-corrected chi connectivity index (χ3v) is 3.21. The summed E-state index contributed by atoms with van der Waals surface area (Å²) in [4.78, 5) is 0. The Labute approximate surface area is 115 Å². The van der Waals surface area contributed by atoms with E-state index in [9.17, 15) is 0 Å². The highest BCUT2D eigenvalue weighted by atomic mass is 15.3. The molecule has 1 unspecified atom stereocenters. The van der Waals surface area contributed by atoms with Gasteiger partial charge in [0.25, 0.3) is 0 Å². The van der Waals surface area contributed by atoms with Crippen LogP contribution in [0.5, 0.6) is 0 Å². The zero-order valence-corrected chi connectivity index (χ0v) is 11.8. The van der Waals surface area contributed by atoms with E-state index < -0.39 is 0 Å². The van der Waals surface area contributed by atoms with Gasteiger partial charge in [-0.1, -0.05) is 44.2 Å². The smallest absolute Gasteiger partial charge is 0.0748 e. The molecule has 0 radical (unpaired) electrons. The molecule has 1 aromatic heterocycles. The van der Waals surface area contributed by atoms with Crippen LogP contribution in [0, 0.1) is 0 Å². The highest BCUT2D eigenvalue weighted by Crippen LogP contribution is 2.21. The standard InChI is InChI=1S/C16H23N3/c1-3-11-17-16(14-8-6-5-7-9-14)15-10-12-18-19(15)13-4-2/h5-10,12,16-17H,3-4,11,13H2,1-2H3. The maximum atomic E-state index is 4.44. The molecule has 1 heterocycles. The molecule has 0 aliphatic carbocycles. The van der Waals surface area contributed by atoms with Gasteiger partial charge in [-0.05, 0) is 31.0 Å². The van der Waals surface area contributed by atoms with E-state index in [2.05, 4.69) is 65.3 Å². The predicted octanol–water partition coefficient (Wildman–Crippen LogP) is 3.38. The van der Waals surface area contributed by atoms with Crippen molar-refractivity contribution in [3.63, 3.8) is 0 Å². The van der Waals surface area contributed by atoms with Gasteiger partial charge in [-0.15, -0.1) is 0 Å². The van der Waals surface area contributed by atoms with Crippen LogP contribution < -0.4 is 5.32 Å². The van der Waals surface area contributed by atoms with E-state index in [1.165, 1.54) is 11.3 Å². The SMILES string of the molecule is CCCNC(c1ccccc1)c1ccnn1CCC. The van der Waals surface area contributed by atoms with Gasteiger partial charge in [0, 0.05) is 12.7 Å². The van der Waals surface area contributed by atoms with Crippen molar-refractivity contribution in [2.45, 2.75) is 39.3 Å². The first kappa shape index (κ1) is 13.8. The van der Waals surface area contributed by atoms with Crippen LogP contribution in [0.3, 0.4) is 0 Å². The topological polar surface area (TPSA) is 29.9 Å². The normalized spacial score (nSPS) is 12.5. The van der Waals surface area contributed by atoms with E-state index >= 15 is 0 Å². The minimum Gasteiger partial charge on any atom is -0.305 e. The number of nitrogens with zero attached hydrogens (tertiary/aromatic N) is 2. The van der Waals surface area contributed by atoms with Crippen LogP contribution >= 0.6 is 0 Å². The molecule has 0 aliphatic heterocycles. The van der Waals surface area contributed by atoms with E-state index in [1.807, 2.05) is 6.20 Å². The molecule has 1 N–H and O–H groups in total. The van der Waals surface area contributed by atoms with Crippen molar-refractivity contribution in [2.75, 3.05) is 6.54 Å². The fourth-order valence-corrected chi connectivity index (χ4v) is 2.31. The van der Waals surface area contributed by atoms with Crippen LogP contribution in [0.15, 0.2) is 42.6 Å². The van der Waals surface area contributed by atoms with E-state index in [0.29, 0.717) is 0 Å². The first-order valence-electron chi connectivity index (χ1n) is 7.16. The molecular formula is C16H23N3. The van der Waals surface area contributed by atoms with Crippen molar-refractivity contribution in [1.29, 1.82) is 0 Å². The Bertz CT molecular complexity index is 476. The molecule has 0 spiro atoms. The van der Waals surface area contributed by atoms with Crippen LogP contribution in [0.2, 0.25) is 0 Å². The second kappa shape index (κ2) is 7.10. The summed E-state index contributed by atoms with van der Waals surface area (Å²) in [5.74, 6) is 0. The number of benzene rings is 1. The zero-order valence-electron chi connectivity index (χ0n) is 11.8. The first-order valence-corrected chi connectivity index (χ1v) is 7.16. The molecule has 0 bridgehead atoms. The number of hydrogen-bond donors (Lipinski definition) is 1. The molecule has 1 atom stereocenters. The van der Waals surface area contributed by atoms with Crippen molar-refractivity contribution in [2.24, 2.45) is 0 Å². The molecule has 0 aliphatic rings. The van der Waals surface area contributed by atoms with Gasteiger partial charge in [-0.25, -0.2) is 0 Å². The lowest BCUT2D eigenvalue weighted by molar-refractivity contribution is 0.511. The van der Waals surface area contributed by atoms with Crippen LogP contribution in [0.1, 0.15) is 44.0 Å². The second-order valence-electron chi connectivity index (χ2n) is 4.78. The van der Waals surface area contributed by atoms with Crippen molar-refractivity contribution >= 4 is 0 Å². The molecule has 1 aromatic carbocycles.